The minimum atomic E-state index is -3.75. The maximum Gasteiger partial charge on any atom is 0.240 e. The number of aliphatic hydroxyl groups excluding tert-OH is 1. The molecule has 1 atom stereocenters. The Balaban J connectivity index is 1.72. The quantitative estimate of drug-likeness (QED) is 0.357. The number of nitrogens with one attached hydrogen (secondary N) is 2. The molecule has 1 unspecified atom stereocenters. The molecule has 0 spiro atoms. The second-order valence-electron chi connectivity index (χ2n) is 6.97. The predicted octanol–water partition coefficient (Wildman–Crippen LogP) is 3.56. The molecule has 4 rings (SSSR count). The number of aromatic nitrogens is 3. The first-order valence-electron chi connectivity index (χ1n) is 9.48. The van der Waals surface area contributed by atoms with E-state index in [0.717, 1.165) is 15.7 Å². The lowest BCUT2D eigenvalue weighted by Crippen LogP contribution is -2.30. The van der Waals surface area contributed by atoms with E-state index in [4.69, 9.17) is 0 Å². The first kappa shape index (κ1) is 21.4. The second kappa shape index (κ2) is 8.75. The molecule has 4 aromatic rings. The molecular weight excluding hydrogens is 482 g/mol. The van der Waals surface area contributed by atoms with Crippen molar-refractivity contribution < 1.29 is 13.5 Å². The van der Waals surface area contributed by atoms with Crippen molar-refractivity contribution in [3.63, 3.8) is 0 Å². The summed E-state index contributed by atoms with van der Waals surface area (Å²) < 4.78 is 29.8. The molecule has 0 radical (unpaired) electrons. The summed E-state index contributed by atoms with van der Waals surface area (Å²) in [6.07, 6.45) is 0.874. The summed E-state index contributed by atoms with van der Waals surface area (Å²) in [5.74, 6) is 0.626. The Hall–Kier alpha value is -2.79. The van der Waals surface area contributed by atoms with E-state index in [1.807, 2.05) is 36.4 Å². The van der Waals surface area contributed by atoms with E-state index in [1.165, 1.54) is 19.1 Å². The van der Waals surface area contributed by atoms with Crippen LogP contribution in [0.1, 0.15) is 6.92 Å². The standard InChI is InChI=1S/C21H20BrN5O3S/c1-14(28)12-24-31(29,30)17-9-5-8-16(10-17)25-20-11-19(15-6-3-2-4-7-15)26-21-18(22)13-23-27(20)21/h2-11,13-14,24-25,28H,12H2,1H3. The van der Waals surface area contributed by atoms with Gasteiger partial charge in [-0.1, -0.05) is 36.4 Å². The SMILES string of the molecule is CC(O)CNS(=O)(=O)c1cccc(Nc2cc(-c3ccccc3)nc3c(Br)cnn23)c1. The van der Waals surface area contributed by atoms with Crippen molar-refractivity contribution in [1.29, 1.82) is 0 Å². The van der Waals surface area contributed by atoms with Crippen LogP contribution in [0.25, 0.3) is 16.9 Å². The summed E-state index contributed by atoms with van der Waals surface area (Å²) in [6.45, 7) is 1.45. The first-order chi connectivity index (χ1) is 14.8. The van der Waals surface area contributed by atoms with E-state index >= 15 is 0 Å². The van der Waals surface area contributed by atoms with Gasteiger partial charge in [-0.05, 0) is 41.1 Å². The molecule has 0 aliphatic rings. The fourth-order valence-electron chi connectivity index (χ4n) is 2.98. The Morgan fingerprint density at radius 1 is 1.13 bits per heavy atom. The number of fused-ring (bicyclic) bond motifs is 1. The molecule has 0 saturated heterocycles. The average Bonchev–Trinajstić information content (AvgIpc) is 3.14. The molecule has 3 N–H and O–H groups in total. The van der Waals surface area contributed by atoms with E-state index in [-0.39, 0.29) is 11.4 Å². The van der Waals surface area contributed by atoms with Crippen LogP contribution in [0.5, 0.6) is 0 Å². The minimum Gasteiger partial charge on any atom is -0.392 e. The third-order valence-electron chi connectivity index (χ3n) is 4.48. The Labute approximate surface area is 188 Å². The molecule has 31 heavy (non-hydrogen) atoms. The van der Waals surface area contributed by atoms with Gasteiger partial charge in [0.2, 0.25) is 10.0 Å². The summed E-state index contributed by atoms with van der Waals surface area (Å²) in [6, 6.07) is 18.0. The van der Waals surface area contributed by atoms with Crippen molar-refractivity contribution in [3.8, 4) is 11.3 Å². The number of hydrogen-bond donors (Lipinski definition) is 3. The molecule has 160 valence electrons. The number of rotatable bonds is 7. The van der Waals surface area contributed by atoms with Crippen molar-refractivity contribution in [2.75, 3.05) is 11.9 Å². The highest BCUT2D eigenvalue weighted by Crippen LogP contribution is 2.28. The highest BCUT2D eigenvalue weighted by atomic mass is 79.9. The number of halogens is 1. The van der Waals surface area contributed by atoms with Gasteiger partial charge in [0.25, 0.3) is 0 Å². The summed E-state index contributed by atoms with van der Waals surface area (Å²) >= 11 is 3.48. The summed E-state index contributed by atoms with van der Waals surface area (Å²) in [7, 11) is -3.75. The Morgan fingerprint density at radius 2 is 1.90 bits per heavy atom. The molecule has 8 nitrogen and oxygen atoms in total. The maximum absolute atomic E-state index is 12.5. The minimum absolute atomic E-state index is 0.0628. The van der Waals surface area contributed by atoms with Crippen LogP contribution in [-0.2, 0) is 10.0 Å². The molecule has 0 saturated carbocycles. The number of benzene rings is 2. The summed E-state index contributed by atoms with van der Waals surface area (Å²) in [5, 5.41) is 17.0. The molecule has 2 heterocycles. The van der Waals surface area contributed by atoms with Crippen LogP contribution in [0, 0.1) is 0 Å². The van der Waals surface area contributed by atoms with Crippen LogP contribution in [0.15, 0.2) is 76.2 Å². The largest absolute Gasteiger partial charge is 0.392 e. The molecule has 0 fully saturated rings. The smallest absolute Gasteiger partial charge is 0.240 e. The lowest BCUT2D eigenvalue weighted by atomic mass is 10.1. The van der Waals surface area contributed by atoms with Gasteiger partial charge < -0.3 is 10.4 Å². The van der Waals surface area contributed by atoms with Crippen LogP contribution >= 0.6 is 15.9 Å². The van der Waals surface area contributed by atoms with E-state index < -0.39 is 16.1 Å². The third-order valence-corrected chi connectivity index (χ3v) is 6.46. The van der Waals surface area contributed by atoms with E-state index in [1.54, 1.807) is 22.8 Å². The van der Waals surface area contributed by atoms with Gasteiger partial charge in [0.1, 0.15) is 5.82 Å². The number of hydrogen-bond acceptors (Lipinski definition) is 6. The molecule has 0 bridgehead atoms. The fraction of sp³-hybridized carbons (Fsp3) is 0.143. The van der Waals surface area contributed by atoms with E-state index in [2.05, 4.69) is 36.1 Å². The van der Waals surface area contributed by atoms with Crippen LogP contribution in [0.3, 0.4) is 0 Å². The van der Waals surface area contributed by atoms with Crippen LogP contribution in [0.4, 0.5) is 11.5 Å². The predicted molar refractivity (Wildman–Crippen MR) is 123 cm³/mol. The van der Waals surface area contributed by atoms with Crippen molar-refractivity contribution in [3.05, 3.63) is 71.3 Å². The molecule has 0 aliphatic carbocycles. The van der Waals surface area contributed by atoms with Gasteiger partial charge in [-0.15, -0.1) is 0 Å². The zero-order chi connectivity index (χ0) is 22.0. The number of aliphatic hydroxyl groups is 1. The van der Waals surface area contributed by atoms with Gasteiger partial charge in [-0.2, -0.15) is 9.61 Å². The Kier molecular flexibility index (Phi) is 6.05. The topological polar surface area (TPSA) is 109 Å². The summed E-state index contributed by atoms with van der Waals surface area (Å²) in [5.41, 5.74) is 2.89. The Bertz CT molecular complexity index is 1320. The first-order valence-corrected chi connectivity index (χ1v) is 11.8. The zero-order valence-electron chi connectivity index (χ0n) is 16.5. The van der Waals surface area contributed by atoms with Crippen molar-refractivity contribution >= 4 is 43.1 Å². The van der Waals surface area contributed by atoms with Gasteiger partial charge in [0, 0.05) is 23.9 Å². The number of nitrogens with zero attached hydrogens (tertiary/aromatic N) is 3. The van der Waals surface area contributed by atoms with Gasteiger partial charge in [-0.3, -0.25) is 0 Å². The van der Waals surface area contributed by atoms with E-state index in [9.17, 15) is 13.5 Å². The lowest BCUT2D eigenvalue weighted by molar-refractivity contribution is 0.198. The molecule has 2 aromatic carbocycles. The number of sulfonamides is 1. The molecule has 2 aromatic heterocycles. The molecule has 0 amide bonds. The molecule has 0 aliphatic heterocycles. The van der Waals surface area contributed by atoms with Gasteiger partial charge in [-0.25, -0.2) is 18.1 Å². The highest BCUT2D eigenvalue weighted by molar-refractivity contribution is 9.10. The Morgan fingerprint density at radius 3 is 2.65 bits per heavy atom. The van der Waals surface area contributed by atoms with Crippen molar-refractivity contribution in [1.82, 2.24) is 19.3 Å². The van der Waals surface area contributed by atoms with Crippen LogP contribution in [-0.4, -0.2) is 40.8 Å². The second-order valence-corrected chi connectivity index (χ2v) is 9.60. The monoisotopic (exact) mass is 501 g/mol. The maximum atomic E-state index is 12.5. The molecule has 10 heteroatoms. The summed E-state index contributed by atoms with van der Waals surface area (Å²) in [4.78, 5) is 4.78. The van der Waals surface area contributed by atoms with Gasteiger partial charge >= 0.3 is 0 Å². The van der Waals surface area contributed by atoms with Gasteiger partial charge in [0.15, 0.2) is 5.65 Å². The highest BCUT2D eigenvalue weighted by Gasteiger charge is 2.16. The van der Waals surface area contributed by atoms with Gasteiger partial charge in [0.05, 0.1) is 27.4 Å². The lowest BCUT2D eigenvalue weighted by Gasteiger charge is -2.13. The van der Waals surface area contributed by atoms with Crippen LogP contribution < -0.4 is 10.0 Å². The third kappa shape index (κ3) is 4.77. The van der Waals surface area contributed by atoms with Crippen molar-refractivity contribution in [2.24, 2.45) is 0 Å². The zero-order valence-corrected chi connectivity index (χ0v) is 18.9. The fourth-order valence-corrected chi connectivity index (χ4v) is 4.50. The van der Waals surface area contributed by atoms with E-state index in [0.29, 0.717) is 17.2 Å². The number of anilines is 2. The van der Waals surface area contributed by atoms with Crippen molar-refractivity contribution in [2.45, 2.75) is 17.9 Å². The molecular formula is C21H20BrN5O3S. The average molecular weight is 502 g/mol. The normalized spacial score (nSPS) is 12.7. The van der Waals surface area contributed by atoms with Crippen LogP contribution in [0.2, 0.25) is 0 Å².